The molecule has 0 heterocycles. The molecule has 2 atom stereocenters. The van der Waals surface area contributed by atoms with Gasteiger partial charge in [0.1, 0.15) is 0 Å². The number of rotatable bonds is 6. The number of hydrogen-bond acceptors (Lipinski definition) is 2. The fraction of sp³-hybridized carbons (Fsp3) is 0.364. The van der Waals surface area contributed by atoms with Crippen LogP contribution in [0.25, 0.3) is 0 Å². The van der Waals surface area contributed by atoms with Crippen molar-refractivity contribution in [1.29, 1.82) is 0 Å². The summed E-state index contributed by atoms with van der Waals surface area (Å²) in [6.07, 6.45) is 1.99. The summed E-state index contributed by atoms with van der Waals surface area (Å²) in [7, 11) is 0. The van der Waals surface area contributed by atoms with Gasteiger partial charge in [0.15, 0.2) is 0 Å². The number of hydrazone groups is 1. The minimum atomic E-state index is 0.0182. The normalized spacial score (nSPS) is 19.8. The molecule has 0 saturated heterocycles. The Bertz CT molecular complexity index is 747. The fourth-order valence-corrected chi connectivity index (χ4v) is 3.19. The van der Waals surface area contributed by atoms with Crippen molar-refractivity contribution in [1.82, 2.24) is 5.43 Å². The van der Waals surface area contributed by atoms with Crippen molar-refractivity contribution < 1.29 is 4.79 Å². The summed E-state index contributed by atoms with van der Waals surface area (Å²) in [5.74, 6) is 1.06. The number of hydrogen-bond donors (Lipinski definition) is 1. The van der Waals surface area contributed by atoms with Gasteiger partial charge in [-0.1, -0.05) is 68.4 Å². The third-order valence-corrected chi connectivity index (χ3v) is 4.70. The van der Waals surface area contributed by atoms with Crippen molar-refractivity contribution in [3.05, 3.63) is 71.3 Å². The maximum atomic E-state index is 12.3. The Balaban J connectivity index is 1.56. The lowest BCUT2D eigenvalue weighted by molar-refractivity contribution is -0.122. The molecule has 0 bridgehead atoms. The highest BCUT2D eigenvalue weighted by atomic mass is 16.2. The molecule has 1 amide bonds. The number of benzene rings is 2. The van der Waals surface area contributed by atoms with E-state index >= 15 is 0 Å². The van der Waals surface area contributed by atoms with Gasteiger partial charge in [-0.15, -0.1) is 0 Å². The SMILES string of the molecule is C/C(=N\NC(=O)C1CC1c1ccccc1)c1ccc(CC(C)C)cc1. The van der Waals surface area contributed by atoms with Crippen LogP contribution < -0.4 is 5.43 Å². The molecule has 1 aliphatic rings. The van der Waals surface area contributed by atoms with Gasteiger partial charge in [-0.05, 0) is 48.3 Å². The molecule has 0 radical (unpaired) electrons. The molecule has 1 fully saturated rings. The van der Waals surface area contributed by atoms with E-state index in [0.29, 0.717) is 11.8 Å². The van der Waals surface area contributed by atoms with Crippen molar-refractivity contribution >= 4 is 11.6 Å². The maximum Gasteiger partial charge on any atom is 0.243 e. The van der Waals surface area contributed by atoms with Gasteiger partial charge in [0.2, 0.25) is 5.91 Å². The second-order valence-electron chi connectivity index (χ2n) is 7.33. The van der Waals surface area contributed by atoms with Crippen molar-refractivity contribution in [3.8, 4) is 0 Å². The van der Waals surface area contributed by atoms with Gasteiger partial charge in [-0.2, -0.15) is 5.10 Å². The van der Waals surface area contributed by atoms with Crippen LogP contribution in [-0.4, -0.2) is 11.6 Å². The van der Waals surface area contributed by atoms with Crippen LogP contribution in [0.4, 0.5) is 0 Å². The standard InChI is InChI=1S/C22H26N2O/c1-15(2)13-17-9-11-18(12-10-17)16(3)23-24-22(25)21-14-20(21)19-7-5-4-6-8-19/h4-12,15,20-21H,13-14H2,1-3H3,(H,24,25)/b23-16+. The second-order valence-corrected chi connectivity index (χ2v) is 7.33. The largest absolute Gasteiger partial charge is 0.273 e. The molecule has 0 spiro atoms. The van der Waals surface area contributed by atoms with Crippen LogP contribution in [0, 0.1) is 11.8 Å². The van der Waals surface area contributed by atoms with E-state index in [2.05, 4.69) is 60.8 Å². The first kappa shape index (κ1) is 17.4. The number of amides is 1. The zero-order valence-corrected chi connectivity index (χ0v) is 15.2. The minimum Gasteiger partial charge on any atom is -0.273 e. The predicted molar refractivity (Wildman–Crippen MR) is 103 cm³/mol. The molecule has 25 heavy (non-hydrogen) atoms. The summed E-state index contributed by atoms with van der Waals surface area (Å²) >= 11 is 0. The number of carbonyl (C=O) groups excluding carboxylic acids is 1. The number of carbonyl (C=O) groups is 1. The third kappa shape index (κ3) is 4.56. The fourth-order valence-electron chi connectivity index (χ4n) is 3.19. The topological polar surface area (TPSA) is 41.5 Å². The minimum absolute atomic E-state index is 0.0182. The molecule has 1 aliphatic carbocycles. The molecule has 3 heteroatoms. The van der Waals surface area contributed by atoms with Crippen LogP contribution in [0.15, 0.2) is 59.7 Å². The Hall–Kier alpha value is -2.42. The van der Waals surface area contributed by atoms with E-state index in [1.807, 2.05) is 25.1 Å². The Morgan fingerprint density at radius 1 is 1.12 bits per heavy atom. The maximum absolute atomic E-state index is 12.3. The van der Waals surface area contributed by atoms with Crippen LogP contribution >= 0.6 is 0 Å². The summed E-state index contributed by atoms with van der Waals surface area (Å²) in [6, 6.07) is 18.7. The third-order valence-electron chi connectivity index (χ3n) is 4.70. The van der Waals surface area contributed by atoms with Crippen molar-refractivity contribution in [3.63, 3.8) is 0 Å². The van der Waals surface area contributed by atoms with Crippen LogP contribution in [0.3, 0.4) is 0 Å². The molecule has 3 nitrogen and oxygen atoms in total. The van der Waals surface area contributed by atoms with Crippen LogP contribution in [0.2, 0.25) is 0 Å². The molecule has 130 valence electrons. The molecular weight excluding hydrogens is 308 g/mol. The first-order chi connectivity index (χ1) is 12.0. The van der Waals surface area contributed by atoms with E-state index in [4.69, 9.17) is 0 Å². The van der Waals surface area contributed by atoms with Crippen molar-refractivity contribution in [2.75, 3.05) is 0 Å². The second kappa shape index (κ2) is 7.64. The number of nitrogens with zero attached hydrogens (tertiary/aromatic N) is 1. The highest BCUT2D eigenvalue weighted by molar-refractivity contribution is 5.99. The highest BCUT2D eigenvalue weighted by Gasteiger charge is 2.43. The van der Waals surface area contributed by atoms with E-state index in [0.717, 1.165) is 24.1 Å². The first-order valence-electron chi connectivity index (χ1n) is 9.03. The zero-order chi connectivity index (χ0) is 17.8. The quantitative estimate of drug-likeness (QED) is 0.612. The van der Waals surface area contributed by atoms with Crippen molar-refractivity contribution in [2.45, 2.75) is 39.5 Å². The van der Waals surface area contributed by atoms with Gasteiger partial charge in [-0.25, -0.2) is 5.43 Å². The smallest absolute Gasteiger partial charge is 0.243 e. The van der Waals surface area contributed by atoms with E-state index in [9.17, 15) is 4.79 Å². The Labute approximate surface area is 150 Å². The van der Waals surface area contributed by atoms with E-state index in [1.54, 1.807) is 0 Å². The molecule has 0 aliphatic heterocycles. The van der Waals surface area contributed by atoms with Gasteiger partial charge in [0.05, 0.1) is 5.71 Å². The number of nitrogens with one attached hydrogen (secondary N) is 1. The summed E-state index contributed by atoms with van der Waals surface area (Å²) in [6.45, 7) is 6.37. The molecule has 1 N–H and O–H groups in total. The first-order valence-corrected chi connectivity index (χ1v) is 9.03. The average Bonchev–Trinajstić information content (AvgIpc) is 3.41. The van der Waals surface area contributed by atoms with Gasteiger partial charge >= 0.3 is 0 Å². The predicted octanol–water partition coefficient (Wildman–Crippen LogP) is 4.53. The van der Waals surface area contributed by atoms with E-state index in [1.165, 1.54) is 11.1 Å². The molecular formula is C22H26N2O. The van der Waals surface area contributed by atoms with Gasteiger partial charge in [0, 0.05) is 5.92 Å². The molecule has 2 aromatic rings. The molecule has 2 unspecified atom stereocenters. The van der Waals surface area contributed by atoms with Crippen LogP contribution in [0.5, 0.6) is 0 Å². The highest BCUT2D eigenvalue weighted by Crippen LogP contribution is 2.47. The van der Waals surface area contributed by atoms with Crippen LogP contribution in [-0.2, 0) is 11.2 Å². The summed E-state index contributed by atoms with van der Waals surface area (Å²) in [5.41, 5.74) is 7.19. The van der Waals surface area contributed by atoms with E-state index in [-0.39, 0.29) is 11.8 Å². The Kier molecular flexibility index (Phi) is 5.32. The summed E-state index contributed by atoms with van der Waals surface area (Å²) < 4.78 is 0. The van der Waals surface area contributed by atoms with Gasteiger partial charge in [0.25, 0.3) is 0 Å². The zero-order valence-electron chi connectivity index (χ0n) is 15.2. The summed E-state index contributed by atoms with van der Waals surface area (Å²) in [5, 5.41) is 4.29. The van der Waals surface area contributed by atoms with Crippen LogP contribution in [0.1, 0.15) is 49.8 Å². The van der Waals surface area contributed by atoms with Gasteiger partial charge < -0.3 is 0 Å². The molecule has 0 aromatic heterocycles. The molecule has 3 rings (SSSR count). The Morgan fingerprint density at radius 3 is 2.44 bits per heavy atom. The summed E-state index contributed by atoms with van der Waals surface area (Å²) in [4.78, 5) is 12.3. The molecule has 2 aromatic carbocycles. The average molecular weight is 334 g/mol. The Morgan fingerprint density at radius 2 is 1.80 bits per heavy atom. The lowest BCUT2D eigenvalue weighted by Crippen LogP contribution is -2.21. The van der Waals surface area contributed by atoms with E-state index < -0.39 is 0 Å². The monoisotopic (exact) mass is 334 g/mol. The lowest BCUT2D eigenvalue weighted by atomic mass is 10.0. The van der Waals surface area contributed by atoms with Crippen molar-refractivity contribution in [2.24, 2.45) is 16.9 Å². The molecule has 1 saturated carbocycles. The lowest BCUT2D eigenvalue weighted by Gasteiger charge is -2.07. The van der Waals surface area contributed by atoms with Gasteiger partial charge in [-0.3, -0.25) is 4.79 Å².